The van der Waals surface area contributed by atoms with E-state index in [1.807, 2.05) is 0 Å². The summed E-state index contributed by atoms with van der Waals surface area (Å²) < 4.78 is 120. The fourth-order valence-electron chi connectivity index (χ4n) is 0.852. The van der Waals surface area contributed by atoms with Gasteiger partial charge in [-0.05, 0) is 19.3 Å². The van der Waals surface area contributed by atoms with Gasteiger partial charge in [-0.25, -0.2) is 0 Å². The monoisotopic (exact) mass is 368 g/mol. The summed E-state index contributed by atoms with van der Waals surface area (Å²) in [5.74, 6) is 0. The highest BCUT2D eigenvalue weighted by Gasteiger charge is 2.47. The molecule has 0 saturated carbocycles. The minimum atomic E-state index is -5.71. The standard InChI is InChI=1S/C7H10F6O6S2/c8-6(9,10)20(14,15)18-4-2-1-3-5-19-21(16,17)7(11,12)13/h1-5H2. The Kier molecular flexibility index (Phi) is 6.90. The largest absolute Gasteiger partial charge is 0.523 e. The minimum Gasteiger partial charge on any atom is -0.263 e. The second-order valence-corrected chi connectivity index (χ2v) is 6.72. The lowest BCUT2D eigenvalue weighted by Gasteiger charge is -2.09. The van der Waals surface area contributed by atoms with Crippen molar-refractivity contribution in [1.29, 1.82) is 0 Å². The summed E-state index contributed by atoms with van der Waals surface area (Å²) in [5.41, 5.74) is -11.1. The molecule has 0 unspecified atom stereocenters. The predicted molar refractivity (Wildman–Crippen MR) is 55.7 cm³/mol. The zero-order chi connectivity index (χ0) is 16.9. The van der Waals surface area contributed by atoms with Crippen molar-refractivity contribution in [3.8, 4) is 0 Å². The number of rotatable bonds is 8. The van der Waals surface area contributed by atoms with E-state index in [4.69, 9.17) is 0 Å². The van der Waals surface area contributed by atoms with Crippen LogP contribution in [0.5, 0.6) is 0 Å². The molecule has 0 atom stereocenters. The van der Waals surface area contributed by atoms with E-state index in [2.05, 4.69) is 8.37 Å². The molecule has 0 aromatic heterocycles. The van der Waals surface area contributed by atoms with Gasteiger partial charge in [-0.1, -0.05) is 0 Å². The Morgan fingerprint density at radius 3 is 1.14 bits per heavy atom. The maximum absolute atomic E-state index is 11.8. The Morgan fingerprint density at radius 1 is 0.619 bits per heavy atom. The third kappa shape index (κ3) is 6.80. The van der Waals surface area contributed by atoms with E-state index >= 15 is 0 Å². The molecule has 128 valence electrons. The van der Waals surface area contributed by atoms with Gasteiger partial charge >= 0.3 is 31.3 Å². The summed E-state index contributed by atoms with van der Waals surface area (Å²) >= 11 is 0. The number of hydrogen-bond acceptors (Lipinski definition) is 6. The van der Waals surface area contributed by atoms with Crippen LogP contribution in [0.15, 0.2) is 0 Å². The van der Waals surface area contributed by atoms with E-state index < -0.39 is 44.5 Å². The molecule has 0 bridgehead atoms. The molecular formula is C7H10F6O6S2. The fourth-order valence-corrected chi connectivity index (χ4v) is 1.79. The first kappa shape index (κ1) is 20.4. The highest BCUT2D eigenvalue weighted by Crippen LogP contribution is 2.25. The van der Waals surface area contributed by atoms with Crippen molar-refractivity contribution >= 4 is 20.2 Å². The van der Waals surface area contributed by atoms with E-state index in [-0.39, 0.29) is 19.3 Å². The van der Waals surface area contributed by atoms with Crippen molar-refractivity contribution in [2.24, 2.45) is 0 Å². The molecule has 0 aliphatic carbocycles. The molecule has 6 nitrogen and oxygen atoms in total. The lowest BCUT2D eigenvalue weighted by Crippen LogP contribution is -2.26. The van der Waals surface area contributed by atoms with Gasteiger partial charge < -0.3 is 0 Å². The van der Waals surface area contributed by atoms with Gasteiger partial charge in [-0.3, -0.25) is 8.37 Å². The van der Waals surface area contributed by atoms with Crippen LogP contribution >= 0.6 is 0 Å². The molecular weight excluding hydrogens is 358 g/mol. The topological polar surface area (TPSA) is 86.7 Å². The van der Waals surface area contributed by atoms with Crippen LogP contribution in [0.2, 0.25) is 0 Å². The number of halogens is 6. The molecule has 0 rings (SSSR count). The van der Waals surface area contributed by atoms with Crippen LogP contribution in [-0.2, 0) is 28.6 Å². The smallest absolute Gasteiger partial charge is 0.263 e. The molecule has 0 spiro atoms. The molecule has 0 aromatic rings. The van der Waals surface area contributed by atoms with E-state index in [1.54, 1.807) is 0 Å². The maximum Gasteiger partial charge on any atom is 0.523 e. The molecule has 0 amide bonds. The van der Waals surface area contributed by atoms with Gasteiger partial charge in [-0.2, -0.15) is 43.2 Å². The molecule has 14 heteroatoms. The molecule has 0 N–H and O–H groups in total. The van der Waals surface area contributed by atoms with E-state index in [0.29, 0.717) is 0 Å². The first-order chi connectivity index (χ1) is 9.21. The van der Waals surface area contributed by atoms with Gasteiger partial charge in [0.1, 0.15) is 0 Å². The predicted octanol–water partition coefficient (Wildman–Crippen LogP) is 1.89. The van der Waals surface area contributed by atoms with Crippen LogP contribution in [0.3, 0.4) is 0 Å². The Hall–Kier alpha value is -0.600. The summed E-state index contributed by atoms with van der Waals surface area (Å²) in [4.78, 5) is 0. The van der Waals surface area contributed by atoms with Gasteiger partial charge in [0, 0.05) is 0 Å². The van der Waals surface area contributed by atoms with Crippen LogP contribution in [0.1, 0.15) is 19.3 Å². The minimum absolute atomic E-state index is 0.0965. The molecule has 0 saturated heterocycles. The van der Waals surface area contributed by atoms with E-state index in [1.165, 1.54) is 0 Å². The van der Waals surface area contributed by atoms with Gasteiger partial charge in [0.2, 0.25) is 0 Å². The average molecular weight is 368 g/mol. The average Bonchev–Trinajstić information content (AvgIpc) is 2.24. The van der Waals surface area contributed by atoms with Crippen LogP contribution in [0.25, 0.3) is 0 Å². The van der Waals surface area contributed by atoms with Gasteiger partial charge in [-0.15, -0.1) is 0 Å². The molecule has 0 aromatic carbocycles. The maximum atomic E-state index is 11.8. The molecule has 0 aliphatic rings. The van der Waals surface area contributed by atoms with Gasteiger partial charge in [0.25, 0.3) is 0 Å². The first-order valence-electron chi connectivity index (χ1n) is 5.12. The van der Waals surface area contributed by atoms with Crippen molar-refractivity contribution in [3.63, 3.8) is 0 Å². The second kappa shape index (κ2) is 7.11. The van der Waals surface area contributed by atoms with Crippen molar-refractivity contribution in [1.82, 2.24) is 0 Å². The zero-order valence-corrected chi connectivity index (χ0v) is 11.7. The normalized spacial score (nSPS) is 14.4. The van der Waals surface area contributed by atoms with Crippen LogP contribution in [0.4, 0.5) is 26.3 Å². The molecule has 0 fully saturated rings. The highest BCUT2D eigenvalue weighted by atomic mass is 32.2. The Morgan fingerprint density at radius 2 is 0.905 bits per heavy atom. The highest BCUT2D eigenvalue weighted by molar-refractivity contribution is 7.87. The summed E-state index contributed by atoms with van der Waals surface area (Å²) in [6, 6.07) is 0. The fraction of sp³-hybridized carbons (Fsp3) is 1.00. The Balaban J connectivity index is 3.92. The van der Waals surface area contributed by atoms with Crippen LogP contribution in [0, 0.1) is 0 Å². The molecule has 21 heavy (non-hydrogen) atoms. The summed E-state index contributed by atoms with van der Waals surface area (Å²) in [7, 11) is -11.4. The van der Waals surface area contributed by atoms with Crippen molar-refractivity contribution < 1.29 is 51.5 Å². The first-order valence-corrected chi connectivity index (χ1v) is 7.94. The van der Waals surface area contributed by atoms with E-state index in [0.717, 1.165) is 0 Å². The third-order valence-corrected chi connectivity index (χ3v) is 3.92. The lowest BCUT2D eigenvalue weighted by atomic mass is 10.2. The number of alkyl halides is 6. The van der Waals surface area contributed by atoms with Crippen molar-refractivity contribution in [2.45, 2.75) is 30.3 Å². The summed E-state index contributed by atoms with van der Waals surface area (Å²) in [5, 5.41) is 0. The Bertz CT molecular complexity index is 471. The Labute approximate surface area is 116 Å². The van der Waals surface area contributed by atoms with Crippen LogP contribution < -0.4 is 0 Å². The third-order valence-electron chi connectivity index (χ3n) is 1.83. The molecule has 0 radical (unpaired) electrons. The zero-order valence-electron chi connectivity index (χ0n) is 10.1. The number of hydrogen-bond donors (Lipinski definition) is 0. The second-order valence-electron chi connectivity index (χ2n) is 3.50. The summed E-state index contributed by atoms with van der Waals surface area (Å²) in [6.45, 7) is -1.68. The van der Waals surface area contributed by atoms with Crippen LogP contribution in [-0.4, -0.2) is 41.1 Å². The van der Waals surface area contributed by atoms with E-state index in [9.17, 15) is 43.2 Å². The molecule has 0 heterocycles. The SMILES string of the molecule is O=S(=O)(OCCCCCOS(=O)(=O)C(F)(F)F)C(F)(F)F. The van der Waals surface area contributed by atoms with Gasteiger partial charge in [0.05, 0.1) is 13.2 Å². The quantitative estimate of drug-likeness (QED) is 0.281. The van der Waals surface area contributed by atoms with Gasteiger partial charge in [0.15, 0.2) is 0 Å². The summed E-state index contributed by atoms with van der Waals surface area (Å²) in [6.07, 6.45) is -0.587. The van der Waals surface area contributed by atoms with Crippen molar-refractivity contribution in [2.75, 3.05) is 13.2 Å². The van der Waals surface area contributed by atoms with Crippen molar-refractivity contribution in [3.05, 3.63) is 0 Å². The molecule has 0 aliphatic heterocycles. The lowest BCUT2D eigenvalue weighted by molar-refractivity contribution is -0.0543. The number of unbranched alkanes of at least 4 members (excludes halogenated alkanes) is 2.